The molecular weight excluding hydrogens is 292 g/mol. The Bertz CT molecular complexity index is 741. The summed E-state index contributed by atoms with van der Waals surface area (Å²) in [7, 11) is 0. The molecule has 5 heteroatoms. The van der Waals surface area contributed by atoms with Gasteiger partial charge in [0.25, 0.3) is 0 Å². The van der Waals surface area contributed by atoms with E-state index in [9.17, 15) is 4.79 Å². The monoisotopic (exact) mass is 310 g/mol. The highest BCUT2D eigenvalue weighted by Gasteiger charge is 2.41. The molecule has 0 N–H and O–H groups in total. The fourth-order valence-corrected chi connectivity index (χ4v) is 2.56. The van der Waals surface area contributed by atoms with Gasteiger partial charge in [0, 0.05) is 6.08 Å². The smallest absolute Gasteiger partial charge is 0.357 e. The summed E-state index contributed by atoms with van der Waals surface area (Å²) in [6, 6.07) is 9.90. The number of esters is 1. The molecule has 2 heterocycles. The van der Waals surface area contributed by atoms with Crippen molar-refractivity contribution >= 4 is 5.97 Å². The van der Waals surface area contributed by atoms with E-state index in [4.69, 9.17) is 9.47 Å². The van der Waals surface area contributed by atoms with Crippen LogP contribution in [0.15, 0.2) is 61.2 Å². The van der Waals surface area contributed by atoms with Crippen LogP contribution in [0.2, 0.25) is 0 Å². The van der Waals surface area contributed by atoms with Gasteiger partial charge in [-0.3, -0.25) is 0 Å². The highest BCUT2D eigenvalue weighted by molar-refractivity contribution is 5.88. The van der Waals surface area contributed by atoms with Gasteiger partial charge >= 0.3 is 5.97 Å². The number of nitrogens with zero attached hydrogens (tertiary/aromatic N) is 2. The Morgan fingerprint density at radius 3 is 2.83 bits per heavy atom. The zero-order valence-corrected chi connectivity index (χ0v) is 12.9. The lowest BCUT2D eigenvalue weighted by atomic mass is 10.0. The molecule has 3 rings (SSSR count). The molecule has 1 aliphatic rings. The second-order valence-electron chi connectivity index (χ2n) is 5.57. The van der Waals surface area contributed by atoms with Crippen LogP contribution in [0.4, 0.5) is 0 Å². The van der Waals surface area contributed by atoms with Gasteiger partial charge in [0.15, 0.2) is 5.60 Å². The number of hydrogen-bond donors (Lipinski definition) is 0. The molecule has 0 amide bonds. The van der Waals surface area contributed by atoms with Crippen LogP contribution in [-0.2, 0) is 9.47 Å². The number of rotatable bonds is 5. The van der Waals surface area contributed by atoms with Crippen LogP contribution < -0.4 is 0 Å². The van der Waals surface area contributed by atoms with E-state index in [2.05, 4.69) is 17.3 Å². The van der Waals surface area contributed by atoms with E-state index in [1.165, 1.54) is 6.20 Å². The molecule has 5 nitrogen and oxygen atoms in total. The standard InChI is InChI=1S/C18H18N2O3/c1-3-9-18(11-22-12-18)23-17(21)16-10-19-13-20(16)14(2)15-7-5-4-6-8-15/h4-10,13-14H,1,11-12H2,2H3. The second-order valence-corrected chi connectivity index (χ2v) is 5.57. The Labute approximate surface area is 134 Å². The number of carbonyl (C=O) groups excluding carboxylic acids is 1. The minimum absolute atomic E-state index is 0.0233. The average Bonchev–Trinajstić information content (AvgIpc) is 3.02. The summed E-state index contributed by atoms with van der Waals surface area (Å²) in [5.41, 5.74) is 3.41. The molecule has 0 saturated carbocycles. The first-order chi connectivity index (χ1) is 11.2. The molecule has 0 bridgehead atoms. The zero-order chi connectivity index (χ0) is 16.3. The van der Waals surface area contributed by atoms with E-state index in [1.54, 1.807) is 12.4 Å². The first-order valence-corrected chi connectivity index (χ1v) is 7.40. The van der Waals surface area contributed by atoms with Gasteiger partial charge in [-0.15, -0.1) is 5.73 Å². The zero-order valence-electron chi connectivity index (χ0n) is 12.9. The van der Waals surface area contributed by atoms with Crippen LogP contribution >= 0.6 is 0 Å². The van der Waals surface area contributed by atoms with E-state index >= 15 is 0 Å². The number of ether oxygens (including phenoxy) is 2. The third-order valence-corrected chi connectivity index (χ3v) is 3.93. The Kier molecular flexibility index (Phi) is 4.15. The highest BCUT2D eigenvalue weighted by Crippen LogP contribution is 2.26. The topological polar surface area (TPSA) is 53.3 Å². The van der Waals surface area contributed by atoms with Crippen molar-refractivity contribution in [3.05, 3.63) is 72.5 Å². The van der Waals surface area contributed by atoms with Crippen molar-refractivity contribution in [2.75, 3.05) is 13.2 Å². The van der Waals surface area contributed by atoms with Crippen molar-refractivity contribution in [2.24, 2.45) is 0 Å². The SMILES string of the molecule is C=C=CC1(OC(=O)c2cncn2C(C)c2ccccc2)COC1. The fourth-order valence-electron chi connectivity index (χ4n) is 2.56. The fraction of sp³-hybridized carbons (Fsp3) is 0.278. The van der Waals surface area contributed by atoms with Crippen LogP contribution in [0.1, 0.15) is 29.0 Å². The summed E-state index contributed by atoms with van der Waals surface area (Å²) in [6.07, 6.45) is 4.80. The summed E-state index contributed by atoms with van der Waals surface area (Å²) in [6.45, 7) is 6.20. The number of benzene rings is 1. The van der Waals surface area contributed by atoms with E-state index in [1.807, 2.05) is 41.8 Å². The summed E-state index contributed by atoms with van der Waals surface area (Å²) in [5, 5.41) is 0. The number of aromatic nitrogens is 2. The summed E-state index contributed by atoms with van der Waals surface area (Å²) < 4.78 is 12.6. The lowest BCUT2D eigenvalue weighted by Crippen LogP contribution is -2.51. The third kappa shape index (κ3) is 2.97. The maximum atomic E-state index is 12.5. The van der Waals surface area contributed by atoms with Crippen LogP contribution in [0.3, 0.4) is 0 Å². The molecule has 1 aliphatic heterocycles. The lowest BCUT2D eigenvalue weighted by Gasteiger charge is -2.37. The molecular formula is C18H18N2O3. The predicted octanol–water partition coefficient (Wildman–Crippen LogP) is 2.76. The Morgan fingerprint density at radius 2 is 2.22 bits per heavy atom. The summed E-state index contributed by atoms with van der Waals surface area (Å²) in [5.74, 6) is -0.430. The van der Waals surface area contributed by atoms with Crippen molar-refractivity contribution in [1.29, 1.82) is 0 Å². The number of hydrogen-bond acceptors (Lipinski definition) is 4. The molecule has 0 radical (unpaired) electrons. The van der Waals surface area contributed by atoms with Crippen LogP contribution in [0, 0.1) is 0 Å². The molecule has 1 atom stereocenters. The summed E-state index contributed by atoms with van der Waals surface area (Å²) in [4.78, 5) is 16.6. The second kappa shape index (κ2) is 6.24. The Hall–Kier alpha value is -2.62. The first-order valence-electron chi connectivity index (χ1n) is 7.40. The van der Waals surface area contributed by atoms with Crippen LogP contribution in [0.5, 0.6) is 0 Å². The van der Waals surface area contributed by atoms with Gasteiger partial charge in [-0.2, -0.15) is 0 Å². The van der Waals surface area contributed by atoms with Crippen molar-refractivity contribution in [1.82, 2.24) is 9.55 Å². The summed E-state index contributed by atoms with van der Waals surface area (Å²) >= 11 is 0. The molecule has 0 aliphatic carbocycles. The minimum Gasteiger partial charge on any atom is -0.444 e. The van der Waals surface area contributed by atoms with E-state index in [0.29, 0.717) is 18.9 Å². The van der Waals surface area contributed by atoms with Gasteiger partial charge in [0.1, 0.15) is 5.69 Å². The van der Waals surface area contributed by atoms with Gasteiger partial charge in [-0.1, -0.05) is 36.9 Å². The van der Waals surface area contributed by atoms with Crippen LogP contribution in [0.25, 0.3) is 0 Å². The number of carbonyl (C=O) groups is 1. The van der Waals surface area contributed by atoms with Crippen LogP contribution in [-0.4, -0.2) is 34.3 Å². The molecule has 118 valence electrons. The predicted molar refractivity (Wildman–Crippen MR) is 85.2 cm³/mol. The van der Waals surface area contributed by atoms with Crippen molar-refractivity contribution < 1.29 is 14.3 Å². The Morgan fingerprint density at radius 1 is 1.48 bits per heavy atom. The van der Waals surface area contributed by atoms with Crippen molar-refractivity contribution in [3.63, 3.8) is 0 Å². The third-order valence-electron chi connectivity index (χ3n) is 3.93. The highest BCUT2D eigenvalue weighted by atomic mass is 16.6. The molecule has 0 spiro atoms. The molecule has 1 aromatic heterocycles. The van der Waals surface area contributed by atoms with Gasteiger partial charge < -0.3 is 14.0 Å². The molecule has 1 saturated heterocycles. The first kappa shape index (κ1) is 15.3. The number of imidazole rings is 1. The molecule has 2 aromatic rings. The van der Waals surface area contributed by atoms with E-state index in [-0.39, 0.29) is 6.04 Å². The van der Waals surface area contributed by atoms with E-state index in [0.717, 1.165) is 5.56 Å². The molecule has 23 heavy (non-hydrogen) atoms. The molecule has 1 unspecified atom stereocenters. The van der Waals surface area contributed by atoms with Crippen molar-refractivity contribution in [3.8, 4) is 0 Å². The van der Waals surface area contributed by atoms with Gasteiger partial charge in [0.05, 0.1) is 31.8 Å². The Balaban J connectivity index is 1.83. The van der Waals surface area contributed by atoms with E-state index < -0.39 is 11.6 Å². The van der Waals surface area contributed by atoms with Gasteiger partial charge in [0.2, 0.25) is 0 Å². The van der Waals surface area contributed by atoms with Crippen molar-refractivity contribution in [2.45, 2.75) is 18.6 Å². The quantitative estimate of drug-likeness (QED) is 0.629. The maximum Gasteiger partial charge on any atom is 0.357 e. The lowest BCUT2D eigenvalue weighted by molar-refractivity contribution is -0.152. The minimum atomic E-state index is -0.760. The largest absolute Gasteiger partial charge is 0.444 e. The maximum absolute atomic E-state index is 12.5. The van der Waals surface area contributed by atoms with Gasteiger partial charge in [-0.25, -0.2) is 9.78 Å². The molecule has 1 aromatic carbocycles. The van der Waals surface area contributed by atoms with Gasteiger partial charge in [-0.05, 0) is 12.5 Å². The molecule has 1 fully saturated rings. The average molecular weight is 310 g/mol. The normalized spacial score (nSPS) is 16.7.